The van der Waals surface area contributed by atoms with Crippen molar-refractivity contribution < 1.29 is 4.48 Å². The summed E-state index contributed by atoms with van der Waals surface area (Å²) in [6.45, 7) is 10.6. The van der Waals surface area contributed by atoms with Crippen LogP contribution in [0.2, 0.25) is 0 Å². The zero-order valence-corrected chi connectivity index (χ0v) is 10.7. The van der Waals surface area contributed by atoms with Gasteiger partial charge in [-0.15, -0.1) is 0 Å². The van der Waals surface area contributed by atoms with Gasteiger partial charge in [0.05, 0.1) is 26.2 Å². The summed E-state index contributed by atoms with van der Waals surface area (Å²) in [4.78, 5) is 0. The number of fused-ring (bicyclic) bond motifs is 1. The Bertz CT molecular complexity index is 178. The van der Waals surface area contributed by atoms with Crippen LogP contribution in [-0.2, 0) is 0 Å². The highest BCUT2D eigenvalue weighted by Gasteiger charge is 2.44. The molecule has 1 nitrogen and oxygen atoms in total. The third-order valence-corrected chi connectivity index (χ3v) is 4.71. The molecule has 2 unspecified atom stereocenters. The van der Waals surface area contributed by atoms with Crippen LogP contribution in [0.5, 0.6) is 0 Å². The molecule has 0 amide bonds. The first-order chi connectivity index (χ1) is 7.29. The Labute approximate surface area is 95.4 Å². The molecule has 2 aliphatic rings. The first-order valence-corrected chi connectivity index (χ1v) is 7.15. The van der Waals surface area contributed by atoms with E-state index in [1.165, 1.54) is 69.2 Å². The van der Waals surface area contributed by atoms with Gasteiger partial charge in [0.1, 0.15) is 0 Å². The van der Waals surface area contributed by atoms with Gasteiger partial charge in [-0.25, -0.2) is 0 Å². The van der Waals surface area contributed by atoms with Crippen LogP contribution >= 0.6 is 0 Å². The maximum atomic E-state index is 2.36. The van der Waals surface area contributed by atoms with Crippen LogP contribution in [-0.4, -0.2) is 30.7 Å². The van der Waals surface area contributed by atoms with Gasteiger partial charge in [-0.05, 0) is 25.7 Å². The lowest BCUT2D eigenvalue weighted by atomic mass is 9.82. The summed E-state index contributed by atoms with van der Waals surface area (Å²) in [5.41, 5.74) is 0. The van der Waals surface area contributed by atoms with E-state index in [0.717, 1.165) is 11.8 Å². The van der Waals surface area contributed by atoms with E-state index in [9.17, 15) is 0 Å². The number of likely N-dealkylation sites (tertiary alicyclic amines) is 1. The Morgan fingerprint density at radius 2 is 1.33 bits per heavy atom. The molecule has 0 N–H and O–H groups in total. The van der Waals surface area contributed by atoms with Crippen LogP contribution in [0.1, 0.15) is 52.4 Å². The van der Waals surface area contributed by atoms with Crippen molar-refractivity contribution in [3.8, 4) is 0 Å². The van der Waals surface area contributed by atoms with Gasteiger partial charge in [0.25, 0.3) is 0 Å². The van der Waals surface area contributed by atoms with Crippen LogP contribution in [0.3, 0.4) is 0 Å². The fraction of sp³-hybridized carbons (Fsp3) is 1.00. The predicted molar refractivity (Wildman–Crippen MR) is 65.8 cm³/mol. The Morgan fingerprint density at radius 1 is 0.867 bits per heavy atom. The third kappa shape index (κ3) is 2.38. The van der Waals surface area contributed by atoms with Crippen molar-refractivity contribution in [2.45, 2.75) is 52.4 Å². The van der Waals surface area contributed by atoms with Gasteiger partial charge in [0, 0.05) is 11.8 Å². The number of quaternary nitrogens is 1. The average Bonchev–Trinajstić information content (AvgIpc) is 2.56. The molecule has 2 fully saturated rings. The molecule has 15 heavy (non-hydrogen) atoms. The van der Waals surface area contributed by atoms with E-state index in [0.29, 0.717) is 0 Å². The summed E-state index contributed by atoms with van der Waals surface area (Å²) in [6.07, 6.45) is 8.86. The van der Waals surface area contributed by atoms with Crippen LogP contribution in [0.15, 0.2) is 0 Å². The van der Waals surface area contributed by atoms with Crippen molar-refractivity contribution in [2.75, 3.05) is 26.2 Å². The van der Waals surface area contributed by atoms with Gasteiger partial charge in [-0.3, -0.25) is 0 Å². The molecule has 88 valence electrons. The molecule has 1 aliphatic heterocycles. The van der Waals surface area contributed by atoms with Gasteiger partial charge in [0.2, 0.25) is 0 Å². The summed E-state index contributed by atoms with van der Waals surface area (Å²) < 4.78 is 1.47. The summed E-state index contributed by atoms with van der Waals surface area (Å²) in [6, 6.07) is 0. The lowest BCUT2D eigenvalue weighted by molar-refractivity contribution is -0.919. The third-order valence-electron chi connectivity index (χ3n) is 4.71. The van der Waals surface area contributed by atoms with E-state index >= 15 is 0 Å². The fourth-order valence-electron chi connectivity index (χ4n) is 4.26. The Morgan fingerprint density at radius 3 is 1.73 bits per heavy atom. The lowest BCUT2D eigenvalue weighted by Gasteiger charge is -2.34. The predicted octanol–water partition coefficient (Wildman–Crippen LogP) is 3.44. The van der Waals surface area contributed by atoms with Crippen molar-refractivity contribution >= 4 is 0 Å². The van der Waals surface area contributed by atoms with Crippen LogP contribution in [0.4, 0.5) is 0 Å². The molecule has 0 aromatic rings. The molecule has 0 spiro atoms. The summed E-state index contributed by atoms with van der Waals surface area (Å²) in [7, 11) is 0. The fourth-order valence-corrected chi connectivity index (χ4v) is 4.26. The molecular formula is C14H28N+. The molecule has 2 atom stereocenters. The minimum Gasteiger partial charge on any atom is -0.323 e. The topological polar surface area (TPSA) is 0 Å². The molecule has 1 heteroatoms. The first kappa shape index (κ1) is 11.4. The van der Waals surface area contributed by atoms with Crippen molar-refractivity contribution in [1.29, 1.82) is 0 Å². The highest BCUT2D eigenvalue weighted by atomic mass is 15.4. The van der Waals surface area contributed by atoms with Gasteiger partial charge in [-0.2, -0.15) is 0 Å². The maximum Gasteiger partial charge on any atom is 0.0820 e. The molecule has 1 saturated carbocycles. The number of nitrogens with zero attached hydrogens (tertiary/aromatic N) is 1. The van der Waals surface area contributed by atoms with E-state index in [4.69, 9.17) is 0 Å². The van der Waals surface area contributed by atoms with E-state index < -0.39 is 0 Å². The van der Waals surface area contributed by atoms with Gasteiger partial charge >= 0.3 is 0 Å². The van der Waals surface area contributed by atoms with Crippen LogP contribution < -0.4 is 0 Å². The van der Waals surface area contributed by atoms with Crippen LogP contribution in [0, 0.1) is 11.8 Å². The second kappa shape index (κ2) is 4.86. The largest absolute Gasteiger partial charge is 0.323 e. The van der Waals surface area contributed by atoms with Crippen LogP contribution in [0.25, 0.3) is 0 Å². The molecule has 0 bridgehead atoms. The molecule has 1 heterocycles. The molecule has 0 aromatic carbocycles. The standard InChI is InChI=1S/C14H28N/c1-3-9-15(10-4-2)11-13-7-5-6-8-14(13)12-15/h13-14H,3-12H2,1-2H3/q+1. The Kier molecular flexibility index (Phi) is 3.71. The van der Waals surface area contributed by atoms with Gasteiger partial charge in [-0.1, -0.05) is 26.7 Å². The number of hydrogen-bond donors (Lipinski definition) is 0. The second-order valence-corrected chi connectivity index (χ2v) is 5.96. The maximum absolute atomic E-state index is 2.36. The molecule has 2 rings (SSSR count). The summed E-state index contributed by atoms with van der Waals surface area (Å²) >= 11 is 0. The van der Waals surface area contributed by atoms with Crippen molar-refractivity contribution in [3.63, 3.8) is 0 Å². The lowest BCUT2D eigenvalue weighted by Crippen LogP contribution is -2.47. The van der Waals surface area contributed by atoms with Crippen molar-refractivity contribution in [2.24, 2.45) is 11.8 Å². The molecule has 0 radical (unpaired) electrons. The quantitative estimate of drug-likeness (QED) is 0.624. The summed E-state index contributed by atoms with van der Waals surface area (Å²) in [5.74, 6) is 2.19. The Balaban J connectivity index is 2.01. The number of hydrogen-bond acceptors (Lipinski definition) is 0. The highest BCUT2D eigenvalue weighted by molar-refractivity contribution is 4.80. The smallest absolute Gasteiger partial charge is 0.0820 e. The normalized spacial score (nSPS) is 34.0. The average molecular weight is 210 g/mol. The number of rotatable bonds is 4. The SMILES string of the molecule is CCC[N+]1(CCC)CC2CCCCC2C1. The van der Waals surface area contributed by atoms with E-state index in [-0.39, 0.29) is 0 Å². The van der Waals surface area contributed by atoms with Gasteiger partial charge in [0.15, 0.2) is 0 Å². The first-order valence-electron chi connectivity index (χ1n) is 7.15. The Hall–Kier alpha value is -0.0400. The molecular weight excluding hydrogens is 182 g/mol. The van der Waals surface area contributed by atoms with Gasteiger partial charge < -0.3 is 4.48 Å². The van der Waals surface area contributed by atoms with E-state index in [1.807, 2.05) is 0 Å². The minimum atomic E-state index is 1.09. The zero-order chi connectivity index (χ0) is 10.7. The van der Waals surface area contributed by atoms with E-state index in [2.05, 4.69) is 13.8 Å². The monoisotopic (exact) mass is 210 g/mol. The minimum absolute atomic E-state index is 1.09. The second-order valence-electron chi connectivity index (χ2n) is 5.96. The molecule has 1 saturated heterocycles. The van der Waals surface area contributed by atoms with Crippen molar-refractivity contribution in [1.82, 2.24) is 0 Å². The molecule has 0 aromatic heterocycles. The zero-order valence-electron chi connectivity index (χ0n) is 10.7. The molecule has 1 aliphatic carbocycles. The van der Waals surface area contributed by atoms with E-state index in [1.54, 1.807) is 0 Å². The summed E-state index contributed by atoms with van der Waals surface area (Å²) in [5, 5.41) is 0. The van der Waals surface area contributed by atoms with Crippen molar-refractivity contribution in [3.05, 3.63) is 0 Å². The highest BCUT2D eigenvalue weighted by Crippen LogP contribution is 2.40.